The van der Waals surface area contributed by atoms with Crippen LogP contribution < -0.4 is 14.8 Å². The second kappa shape index (κ2) is 7.18. The van der Waals surface area contributed by atoms with Gasteiger partial charge in [0.05, 0.1) is 24.4 Å². The van der Waals surface area contributed by atoms with Crippen LogP contribution in [0.25, 0.3) is 0 Å². The average Bonchev–Trinajstić information content (AvgIpc) is 2.48. The van der Waals surface area contributed by atoms with E-state index in [4.69, 9.17) is 21.1 Å². The van der Waals surface area contributed by atoms with Crippen molar-refractivity contribution < 1.29 is 13.9 Å². The van der Waals surface area contributed by atoms with Crippen LogP contribution >= 0.6 is 11.6 Å². The quantitative estimate of drug-likeness (QED) is 0.852. The first-order valence-electron chi connectivity index (χ1n) is 6.63. The summed E-state index contributed by atoms with van der Waals surface area (Å²) in [6.45, 7) is 2.91. The minimum absolute atomic E-state index is 0.298. The Hall–Kier alpha value is -1.94. The number of methoxy groups -OCH3 is 1. The monoisotopic (exact) mass is 309 g/mol. The Morgan fingerprint density at radius 1 is 1.19 bits per heavy atom. The first-order chi connectivity index (χ1) is 10.2. The van der Waals surface area contributed by atoms with Crippen molar-refractivity contribution in [1.29, 1.82) is 0 Å². The van der Waals surface area contributed by atoms with Crippen LogP contribution in [0.5, 0.6) is 11.5 Å². The van der Waals surface area contributed by atoms with E-state index in [0.717, 1.165) is 5.56 Å². The fourth-order valence-corrected chi connectivity index (χ4v) is 2.18. The molecule has 0 fully saturated rings. The van der Waals surface area contributed by atoms with Gasteiger partial charge in [-0.05, 0) is 36.8 Å². The molecule has 2 aromatic rings. The maximum Gasteiger partial charge on any atom is 0.161 e. The van der Waals surface area contributed by atoms with E-state index in [1.807, 2.05) is 25.1 Å². The van der Waals surface area contributed by atoms with Gasteiger partial charge >= 0.3 is 0 Å². The van der Waals surface area contributed by atoms with Crippen LogP contribution in [0.3, 0.4) is 0 Å². The van der Waals surface area contributed by atoms with Gasteiger partial charge in [-0.15, -0.1) is 0 Å². The fraction of sp³-hybridized carbons (Fsp3) is 0.250. The van der Waals surface area contributed by atoms with Crippen molar-refractivity contribution in [3.63, 3.8) is 0 Å². The summed E-state index contributed by atoms with van der Waals surface area (Å²) in [4.78, 5) is 0. The van der Waals surface area contributed by atoms with Gasteiger partial charge in [0, 0.05) is 6.54 Å². The summed E-state index contributed by atoms with van der Waals surface area (Å²) in [6.07, 6.45) is 0. The molecule has 0 bridgehead atoms. The number of benzene rings is 2. The highest BCUT2D eigenvalue weighted by atomic mass is 35.5. The molecule has 112 valence electrons. The predicted octanol–water partition coefficient (Wildman–Crippen LogP) is 4.50. The van der Waals surface area contributed by atoms with E-state index < -0.39 is 0 Å². The number of ether oxygens (including phenoxy) is 2. The molecule has 0 aliphatic rings. The first kappa shape index (κ1) is 15.4. The molecule has 21 heavy (non-hydrogen) atoms. The Bertz CT molecular complexity index is 599. The van der Waals surface area contributed by atoms with Crippen molar-refractivity contribution in [2.75, 3.05) is 19.0 Å². The molecule has 0 unspecified atom stereocenters. The van der Waals surface area contributed by atoms with E-state index in [1.54, 1.807) is 19.2 Å². The Morgan fingerprint density at radius 2 is 2.00 bits per heavy atom. The highest BCUT2D eigenvalue weighted by Gasteiger charge is 2.08. The number of hydrogen-bond donors (Lipinski definition) is 1. The van der Waals surface area contributed by atoms with Crippen molar-refractivity contribution in [1.82, 2.24) is 0 Å². The maximum absolute atomic E-state index is 13.7. The number of halogens is 2. The lowest BCUT2D eigenvalue weighted by atomic mass is 10.2. The third-order valence-corrected chi connectivity index (χ3v) is 3.27. The lowest BCUT2D eigenvalue weighted by Crippen LogP contribution is -2.03. The Balaban J connectivity index is 2.13. The Morgan fingerprint density at radius 3 is 2.67 bits per heavy atom. The molecular formula is C16H17ClFNO2. The number of rotatable bonds is 6. The summed E-state index contributed by atoms with van der Waals surface area (Å²) in [5.74, 6) is 0.962. The Labute approximate surface area is 128 Å². The van der Waals surface area contributed by atoms with Crippen LogP contribution in [0, 0.1) is 5.82 Å². The van der Waals surface area contributed by atoms with Crippen LogP contribution in [0.4, 0.5) is 10.1 Å². The molecule has 0 radical (unpaired) electrons. The summed E-state index contributed by atoms with van der Waals surface area (Å²) in [6, 6.07) is 10.2. The molecular weight excluding hydrogens is 293 g/mol. The maximum atomic E-state index is 13.7. The number of nitrogens with one attached hydrogen (secondary N) is 1. The molecule has 1 N–H and O–H groups in total. The molecule has 0 heterocycles. The molecule has 5 heteroatoms. The van der Waals surface area contributed by atoms with Gasteiger partial charge in [-0.25, -0.2) is 4.39 Å². The minimum Gasteiger partial charge on any atom is -0.493 e. The summed E-state index contributed by atoms with van der Waals surface area (Å²) >= 11 is 5.97. The van der Waals surface area contributed by atoms with E-state index in [1.165, 1.54) is 6.07 Å². The second-order valence-electron chi connectivity index (χ2n) is 4.37. The average molecular weight is 310 g/mol. The normalized spacial score (nSPS) is 10.3. The number of para-hydroxylation sites is 1. The topological polar surface area (TPSA) is 30.5 Å². The molecule has 0 aromatic heterocycles. The molecule has 0 saturated carbocycles. The van der Waals surface area contributed by atoms with Gasteiger partial charge < -0.3 is 14.8 Å². The second-order valence-corrected chi connectivity index (χ2v) is 4.78. The molecule has 0 amide bonds. The minimum atomic E-state index is -0.375. The Kier molecular flexibility index (Phi) is 5.28. The summed E-state index contributed by atoms with van der Waals surface area (Å²) in [5.41, 5.74) is 1.24. The largest absolute Gasteiger partial charge is 0.493 e. The fourth-order valence-electron chi connectivity index (χ4n) is 1.95. The molecule has 0 atom stereocenters. The van der Waals surface area contributed by atoms with Gasteiger partial charge in [-0.1, -0.05) is 23.7 Å². The van der Waals surface area contributed by atoms with Gasteiger partial charge in [0.25, 0.3) is 0 Å². The lowest BCUT2D eigenvalue weighted by Gasteiger charge is -2.13. The van der Waals surface area contributed by atoms with Crippen LogP contribution in [-0.4, -0.2) is 13.7 Å². The molecule has 0 aliphatic carbocycles. The highest BCUT2D eigenvalue weighted by molar-refractivity contribution is 6.33. The lowest BCUT2D eigenvalue weighted by molar-refractivity contribution is 0.310. The van der Waals surface area contributed by atoms with Crippen molar-refractivity contribution in [3.05, 3.63) is 52.8 Å². The third kappa shape index (κ3) is 3.79. The first-order valence-corrected chi connectivity index (χ1v) is 7.01. The smallest absolute Gasteiger partial charge is 0.161 e. The number of anilines is 1. The van der Waals surface area contributed by atoms with Gasteiger partial charge in [0.15, 0.2) is 11.5 Å². The van der Waals surface area contributed by atoms with E-state index >= 15 is 0 Å². The summed E-state index contributed by atoms with van der Waals surface area (Å²) < 4.78 is 24.4. The van der Waals surface area contributed by atoms with E-state index in [0.29, 0.717) is 35.4 Å². The van der Waals surface area contributed by atoms with E-state index in [9.17, 15) is 4.39 Å². The van der Waals surface area contributed by atoms with Gasteiger partial charge in [-0.2, -0.15) is 0 Å². The standard InChI is InChI=1S/C16H17ClFNO2/c1-3-21-14-8-7-11(9-15(14)20-2)10-19-16-12(17)5-4-6-13(16)18/h4-9,19H,3,10H2,1-2H3. The SMILES string of the molecule is CCOc1ccc(CNc2c(F)cccc2Cl)cc1OC. The van der Waals surface area contributed by atoms with Crippen molar-refractivity contribution in [3.8, 4) is 11.5 Å². The molecule has 2 aromatic carbocycles. The van der Waals surface area contributed by atoms with E-state index in [-0.39, 0.29) is 5.82 Å². The molecule has 3 nitrogen and oxygen atoms in total. The zero-order valence-corrected chi connectivity index (χ0v) is 12.7. The van der Waals surface area contributed by atoms with Crippen LogP contribution in [0.1, 0.15) is 12.5 Å². The molecule has 0 spiro atoms. The van der Waals surface area contributed by atoms with Crippen molar-refractivity contribution in [2.45, 2.75) is 13.5 Å². The third-order valence-electron chi connectivity index (χ3n) is 2.96. The van der Waals surface area contributed by atoms with Gasteiger partial charge in [0.1, 0.15) is 5.82 Å². The van der Waals surface area contributed by atoms with Crippen LogP contribution in [0.2, 0.25) is 5.02 Å². The highest BCUT2D eigenvalue weighted by Crippen LogP contribution is 2.29. The van der Waals surface area contributed by atoms with Crippen LogP contribution in [0.15, 0.2) is 36.4 Å². The van der Waals surface area contributed by atoms with Crippen molar-refractivity contribution >= 4 is 17.3 Å². The molecule has 0 saturated heterocycles. The van der Waals surface area contributed by atoms with Gasteiger partial charge in [-0.3, -0.25) is 0 Å². The van der Waals surface area contributed by atoms with Gasteiger partial charge in [0.2, 0.25) is 0 Å². The van der Waals surface area contributed by atoms with Crippen LogP contribution in [-0.2, 0) is 6.54 Å². The summed E-state index contributed by atoms with van der Waals surface area (Å²) in [7, 11) is 1.59. The zero-order chi connectivity index (χ0) is 15.2. The predicted molar refractivity (Wildman–Crippen MR) is 82.9 cm³/mol. The van der Waals surface area contributed by atoms with Crippen molar-refractivity contribution in [2.24, 2.45) is 0 Å². The summed E-state index contributed by atoms with van der Waals surface area (Å²) in [5, 5.41) is 3.35. The molecule has 2 rings (SSSR count). The zero-order valence-electron chi connectivity index (χ0n) is 12.0. The van der Waals surface area contributed by atoms with E-state index in [2.05, 4.69) is 5.32 Å². The molecule has 0 aliphatic heterocycles. The number of hydrogen-bond acceptors (Lipinski definition) is 3.